The van der Waals surface area contributed by atoms with Crippen LogP contribution in [0.2, 0.25) is 18.1 Å². The number of benzene rings is 5. The van der Waals surface area contributed by atoms with E-state index >= 15 is 0 Å². The topological polar surface area (TPSA) is 3.24 Å². The smallest absolute Gasteiger partial charge is 0.0867 e. The Kier molecular flexibility index (Phi) is 19.9. The Hall–Kier alpha value is -3.02. The lowest BCUT2D eigenvalue weighted by Gasteiger charge is -2.43. The van der Waals surface area contributed by atoms with Gasteiger partial charge in [0.1, 0.15) is 0 Å². The predicted octanol–water partition coefficient (Wildman–Crippen LogP) is 19.5. The summed E-state index contributed by atoms with van der Waals surface area (Å²) in [5.74, 6) is 2.79. The average molecular weight is 1020 g/mol. The second-order valence-electron chi connectivity index (χ2n) is 23.7. The number of nitrogens with zero attached hydrogens (tertiary/aromatic N) is 1. The van der Waals surface area contributed by atoms with Crippen LogP contribution in [0.5, 0.6) is 0 Å². The van der Waals surface area contributed by atoms with Crippen LogP contribution in [0.25, 0.3) is 0 Å². The van der Waals surface area contributed by atoms with Gasteiger partial charge < -0.3 is 4.44 Å². The van der Waals surface area contributed by atoms with Crippen LogP contribution in [0.1, 0.15) is 245 Å². The van der Waals surface area contributed by atoms with Crippen LogP contribution in [-0.4, -0.2) is 8.07 Å². The molecule has 4 aliphatic carbocycles. The molecule has 5 aromatic rings. The lowest BCUT2D eigenvalue weighted by molar-refractivity contribution is 0.443. The van der Waals surface area contributed by atoms with Crippen LogP contribution < -0.4 is 30.8 Å². The van der Waals surface area contributed by atoms with E-state index in [2.05, 4.69) is 148 Å². The van der Waals surface area contributed by atoms with E-state index in [9.17, 15) is 0 Å². The van der Waals surface area contributed by atoms with Gasteiger partial charge in [-0.2, -0.15) is 0 Å². The van der Waals surface area contributed by atoms with Crippen molar-refractivity contribution in [1.82, 2.24) is 0 Å². The maximum absolute atomic E-state index is 3.11. The van der Waals surface area contributed by atoms with E-state index in [1.54, 1.807) is 27.4 Å². The van der Waals surface area contributed by atoms with E-state index in [1.165, 1.54) is 223 Å². The SMILES string of the molecule is CCCC[Si](CCCC)(CCCC)c1cc(C)c(N(P(c2ccc(C3CCCCC3)cc2)c2ccc(C3CCCCC3)cc2)P(c2ccc(C3CCCCC3)cc2)c2ccc(C3CCCCC3)cc2)c(C)c1. The van der Waals surface area contributed by atoms with Crippen molar-refractivity contribution < 1.29 is 0 Å². The number of rotatable bonds is 21. The quantitative estimate of drug-likeness (QED) is 0.0523. The van der Waals surface area contributed by atoms with Gasteiger partial charge in [-0.25, -0.2) is 0 Å². The van der Waals surface area contributed by atoms with Gasteiger partial charge in [0.05, 0.1) is 29.9 Å². The van der Waals surface area contributed by atoms with Crippen molar-refractivity contribution in [3.63, 3.8) is 0 Å². The molecule has 0 bridgehead atoms. The van der Waals surface area contributed by atoms with Crippen molar-refractivity contribution in [3.05, 3.63) is 143 Å². The van der Waals surface area contributed by atoms with E-state index in [4.69, 9.17) is 0 Å². The van der Waals surface area contributed by atoms with Crippen molar-refractivity contribution >= 4 is 56.3 Å². The maximum atomic E-state index is 3.11. The first-order chi connectivity index (χ1) is 35.4. The number of hydrogen-bond donors (Lipinski definition) is 0. The molecule has 4 fully saturated rings. The Morgan fingerprint density at radius 1 is 0.375 bits per heavy atom. The standard InChI is InChI=1S/C68H95NP2Si/c1-6-9-48-72(49-10-7-2,50-11-8-3)67-51-53(4)68(54(5)52-67)69(70(63-40-32-59(33-41-63)55-24-16-12-17-25-55)64-42-34-60(35-43-64)56-26-18-13-19-27-56)71(65-44-36-61(37-45-65)57-28-20-14-21-29-57)66-46-38-62(39-47-66)58-30-22-15-23-31-58/h32-47,51-52,55-58H,6-31,48-50H2,1-5H3. The molecule has 0 unspecified atom stereocenters. The van der Waals surface area contributed by atoms with Crippen molar-refractivity contribution in [2.45, 2.75) is 243 Å². The predicted molar refractivity (Wildman–Crippen MR) is 324 cm³/mol. The monoisotopic (exact) mass is 1020 g/mol. The number of anilines is 1. The summed E-state index contributed by atoms with van der Waals surface area (Å²) in [7, 11) is -3.77. The van der Waals surface area contributed by atoms with Crippen LogP contribution in [-0.2, 0) is 0 Å². The summed E-state index contributed by atoms with van der Waals surface area (Å²) in [4.78, 5) is 0. The zero-order chi connectivity index (χ0) is 49.7. The van der Waals surface area contributed by atoms with Gasteiger partial charge in [0.25, 0.3) is 0 Å². The summed E-state index contributed by atoms with van der Waals surface area (Å²) in [5, 5.41) is 7.76. The molecular weight excluding hydrogens is 921 g/mol. The number of hydrogen-bond acceptors (Lipinski definition) is 1. The van der Waals surface area contributed by atoms with Gasteiger partial charge in [-0.05, 0) is 122 Å². The third-order valence-electron chi connectivity index (χ3n) is 18.6. The molecule has 1 nitrogen and oxygen atoms in total. The van der Waals surface area contributed by atoms with E-state index in [-0.39, 0.29) is 0 Å². The summed E-state index contributed by atoms with van der Waals surface area (Å²) in [6.07, 6.45) is 35.3. The maximum Gasteiger partial charge on any atom is 0.0867 e. The molecule has 0 atom stereocenters. The van der Waals surface area contributed by atoms with Crippen LogP contribution in [0.3, 0.4) is 0 Å². The van der Waals surface area contributed by atoms with Crippen LogP contribution >= 0.6 is 16.1 Å². The second-order valence-corrected chi connectivity index (χ2v) is 32.7. The molecule has 4 saturated carbocycles. The lowest BCUT2D eigenvalue weighted by atomic mass is 9.84. The minimum atomic E-state index is -1.77. The van der Waals surface area contributed by atoms with Gasteiger partial charge in [-0.3, -0.25) is 0 Å². The minimum absolute atomic E-state index is 0.696. The van der Waals surface area contributed by atoms with Gasteiger partial charge in [0.15, 0.2) is 0 Å². The van der Waals surface area contributed by atoms with Crippen molar-refractivity contribution in [3.8, 4) is 0 Å². The summed E-state index contributed by atoms with van der Waals surface area (Å²) < 4.78 is 3.11. The third-order valence-corrected chi connectivity index (χ3v) is 29.4. The summed E-state index contributed by atoms with van der Waals surface area (Å²) in [5.41, 5.74) is 10.8. The lowest BCUT2D eigenvalue weighted by Crippen LogP contribution is -2.48. The molecular formula is C68H95NP2Si. The first-order valence-electron chi connectivity index (χ1n) is 30.3. The van der Waals surface area contributed by atoms with Crippen LogP contribution in [0.15, 0.2) is 109 Å². The Morgan fingerprint density at radius 3 is 0.861 bits per heavy atom. The van der Waals surface area contributed by atoms with Crippen molar-refractivity contribution in [2.24, 2.45) is 0 Å². The van der Waals surface area contributed by atoms with E-state index in [0.717, 1.165) is 0 Å². The molecule has 0 saturated heterocycles. The number of aryl methyl sites for hydroxylation is 2. The Bertz CT molecular complexity index is 2090. The van der Waals surface area contributed by atoms with Gasteiger partial charge in [0.2, 0.25) is 0 Å². The first-order valence-corrected chi connectivity index (χ1v) is 35.5. The zero-order valence-electron chi connectivity index (χ0n) is 46.0. The van der Waals surface area contributed by atoms with Gasteiger partial charge >= 0.3 is 0 Å². The van der Waals surface area contributed by atoms with Gasteiger partial charge in [0, 0.05) is 21.2 Å². The van der Waals surface area contributed by atoms with Crippen LogP contribution in [0.4, 0.5) is 5.69 Å². The highest BCUT2D eigenvalue weighted by atomic mass is 31.2. The fourth-order valence-corrected chi connectivity index (χ4v) is 26.2. The molecule has 0 amide bonds. The summed E-state index contributed by atoms with van der Waals surface area (Å²) in [6.45, 7) is 12.3. The highest BCUT2D eigenvalue weighted by Crippen LogP contribution is 2.59. The molecule has 386 valence electrons. The Labute approximate surface area is 444 Å². The third kappa shape index (κ3) is 13.0. The zero-order valence-corrected chi connectivity index (χ0v) is 48.8. The van der Waals surface area contributed by atoms with Crippen LogP contribution in [0, 0.1) is 13.8 Å². The average Bonchev–Trinajstić information content (AvgIpc) is 3.44. The summed E-state index contributed by atoms with van der Waals surface area (Å²) in [6, 6.07) is 51.4. The van der Waals surface area contributed by atoms with E-state index in [1.807, 2.05) is 0 Å². The Morgan fingerprint density at radius 2 is 0.625 bits per heavy atom. The fraction of sp³-hybridized carbons (Fsp3) is 0.559. The molecule has 5 aromatic carbocycles. The molecule has 0 spiro atoms. The van der Waals surface area contributed by atoms with Gasteiger partial charge in [-0.15, -0.1) is 0 Å². The molecule has 9 rings (SSSR count). The van der Waals surface area contributed by atoms with Gasteiger partial charge in [-0.1, -0.05) is 269 Å². The molecule has 0 N–H and O–H groups in total. The largest absolute Gasteiger partial charge is 0.312 e. The normalized spacial score (nSPS) is 18.0. The molecule has 0 aliphatic heterocycles. The van der Waals surface area contributed by atoms with E-state index < -0.39 is 24.2 Å². The van der Waals surface area contributed by atoms with E-state index in [0.29, 0.717) is 23.7 Å². The molecule has 0 aromatic heterocycles. The van der Waals surface area contributed by atoms with Crippen molar-refractivity contribution in [2.75, 3.05) is 4.44 Å². The molecule has 72 heavy (non-hydrogen) atoms. The molecule has 0 radical (unpaired) electrons. The molecule has 4 aliphatic rings. The first kappa shape index (κ1) is 53.8. The highest BCUT2D eigenvalue weighted by molar-refractivity contribution is 7.90. The minimum Gasteiger partial charge on any atom is -0.312 e. The molecule has 0 heterocycles. The summed E-state index contributed by atoms with van der Waals surface area (Å²) >= 11 is 0. The highest BCUT2D eigenvalue weighted by Gasteiger charge is 2.38. The second kappa shape index (κ2) is 26.6. The fourth-order valence-electron chi connectivity index (χ4n) is 14.3. The molecule has 4 heteroatoms. The Balaban J connectivity index is 1.27. The van der Waals surface area contributed by atoms with Crippen molar-refractivity contribution in [1.29, 1.82) is 0 Å². The number of unbranched alkanes of at least 4 members (excludes halogenated alkanes) is 3.